The standard InChI is InChI=1S/Cu.In.P.S.Si. The predicted octanol–water partition coefficient (Wildman–Crippen LogP) is 0.745. The summed E-state index contributed by atoms with van der Waals surface area (Å²) in [4.78, 5) is 0. The first-order valence-corrected chi connectivity index (χ1v) is 0. The molecule has 0 aliphatic heterocycles. The third kappa shape index (κ3) is 21.6. The molecule has 0 nitrogen and oxygen atoms in total. The average Bonchev–Trinajstić information content (AvgIpc) is 0. The Morgan fingerprint density at radius 2 is 1.00 bits per heavy atom. The molecule has 0 aromatic rings. The van der Waals surface area contributed by atoms with Crippen LogP contribution in [0.3, 0.4) is 0 Å². The Labute approximate surface area is 76.6 Å². The van der Waals surface area contributed by atoms with Gasteiger partial charge in [-0.2, -0.15) is 0 Å². The van der Waals surface area contributed by atoms with Gasteiger partial charge in [0.25, 0.3) is 0 Å². The Bertz CT molecular complexity index is 11.6. The molecule has 0 spiro atoms. The molecule has 0 atom stereocenters. The minimum atomic E-state index is 0. The molecule has 0 aliphatic rings. The van der Waals surface area contributed by atoms with Crippen LogP contribution in [0.1, 0.15) is 0 Å². The third-order valence-electron chi connectivity index (χ3n) is 0. The van der Waals surface area contributed by atoms with Gasteiger partial charge in [0.2, 0.25) is 0 Å². The van der Waals surface area contributed by atoms with E-state index in [9.17, 15) is 0 Å². The maximum Gasteiger partial charge on any atom is 0 e. The monoisotopic (exact) mass is 269 g/mol. The van der Waals surface area contributed by atoms with Crippen molar-refractivity contribution in [3.63, 3.8) is 0 Å². The number of rotatable bonds is 0. The van der Waals surface area contributed by atoms with Gasteiger partial charge in [-0.25, -0.2) is 0 Å². The first-order valence-electron chi connectivity index (χ1n) is 0. The van der Waals surface area contributed by atoms with Crippen molar-refractivity contribution in [3.05, 3.63) is 0 Å². The van der Waals surface area contributed by atoms with Gasteiger partial charge in [-0.15, -0.1) is 0 Å². The van der Waals surface area contributed by atoms with E-state index in [0.717, 1.165) is 0 Å². The van der Waals surface area contributed by atoms with Gasteiger partial charge >= 0.3 is 0 Å². The van der Waals surface area contributed by atoms with Gasteiger partial charge < -0.3 is 0 Å². The van der Waals surface area contributed by atoms with E-state index in [-0.39, 0.29) is 77.3 Å². The SMILES string of the molecule is [Cu].[In].[P].[S].[Si]. The molecule has 0 saturated heterocycles. The van der Waals surface area contributed by atoms with Crippen LogP contribution >= 0.6 is 23.4 Å². The summed E-state index contributed by atoms with van der Waals surface area (Å²) in [6.45, 7) is 0. The fourth-order valence-corrected chi connectivity index (χ4v) is 0. The van der Waals surface area contributed by atoms with Crippen LogP contribution in [0.2, 0.25) is 0 Å². The van der Waals surface area contributed by atoms with E-state index in [0.29, 0.717) is 0 Å². The van der Waals surface area contributed by atoms with Crippen molar-refractivity contribution >= 4 is 60.2 Å². The summed E-state index contributed by atoms with van der Waals surface area (Å²) in [7, 11) is 0. The van der Waals surface area contributed by atoms with Crippen molar-refractivity contribution in [2.75, 3.05) is 0 Å². The molecule has 0 amide bonds. The molecular formula is CuInPSSi. The Hall–Kier alpha value is 2.39. The second kappa shape index (κ2) is 32.5. The Balaban J connectivity index is 0. The third-order valence-corrected chi connectivity index (χ3v) is 0. The first kappa shape index (κ1) is 52.9. The summed E-state index contributed by atoms with van der Waals surface area (Å²) in [6, 6.07) is 0. The van der Waals surface area contributed by atoms with Crippen molar-refractivity contribution in [1.29, 1.82) is 0 Å². The zero-order valence-electron chi connectivity index (χ0n) is 2.23. The molecule has 0 fully saturated rings. The summed E-state index contributed by atoms with van der Waals surface area (Å²) in [6.07, 6.45) is 0. The summed E-state index contributed by atoms with van der Waals surface area (Å²) < 4.78 is 0. The zero-order valence-corrected chi connectivity index (χ0v) is 9.18. The van der Waals surface area contributed by atoms with Crippen LogP contribution in [0.15, 0.2) is 0 Å². The summed E-state index contributed by atoms with van der Waals surface area (Å²) in [5.74, 6) is 0. The van der Waals surface area contributed by atoms with Gasteiger partial charge in [0.15, 0.2) is 0 Å². The molecule has 13 radical (unpaired) electrons. The van der Waals surface area contributed by atoms with Gasteiger partial charge in [0.1, 0.15) is 0 Å². The first-order chi connectivity index (χ1) is 0. The fourth-order valence-electron chi connectivity index (χ4n) is 0. The molecule has 0 aliphatic carbocycles. The Kier molecular flexibility index (Phi) is 344. The van der Waals surface area contributed by atoms with E-state index in [1.807, 2.05) is 0 Å². The van der Waals surface area contributed by atoms with Gasteiger partial charge in [0, 0.05) is 77.3 Å². The molecule has 0 N–H and O–H groups in total. The quantitative estimate of drug-likeness (QED) is 0.450. The van der Waals surface area contributed by atoms with Gasteiger partial charge in [-0.05, 0) is 0 Å². The molecule has 0 saturated carbocycles. The molecule has 5 heteroatoms. The van der Waals surface area contributed by atoms with E-state index >= 15 is 0 Å². The van der Waals surface area contributed by atoms with Crippen LogP contribution in [0, 0.1) is 0 Å². The molecular weight excluding hydrogens is 269 g/mol. The van der Waals surface area contributed by atoms with Crippen molar-refractivity contribution < 1.29 is 17.1 Å². The number of hydrogen-bond acceptors (Lipinski definition) is 0. The molecule has 0 aromatic heterocycles. The van der Waals surface area contributed by atoms with Gasteiger partial charge in [-0.3, -0.25) is 0 Å². The largest absolute Gasteiger partial charge is 0 e. The van der Waals surface area contributed by atoms with Crippen molar-refractivity contribution in [1.82, 2.24) is 0 Å². The molecule has 0 rings (SSSR count). The summed E-state index contributed by atoms with van der Waals surface area (Å²) in [5.41, 5.74) is 0. The maximum absolute atomic E-state index is 0. The van der Waals surface area contributed by atoms with Crippen molar-refractivity contribution in [3.8, 4) is 0 Å². The molecule has 0 heterocycles. The second-order valence-electron chi connectivity index (χ2n) is 0. The van der Waals surface area contributed by atoms with Crippen LogP contribution in [-0.4, -0.2) is 36.8 Å². The Morgan fingerprint density at radius 1 is 1.00 bits per heavy atom. The van der Waals surface area contributed by atoms with Gasteiger partial charge in [0.05, 0.1) is 0 Å². The van der Waals surface area contributed by atoms with E-state index in [2.05, 4.69) is 0 Å². The normalized spacial score (nSPS) is 0. The molecule has 0 unspecified atom stereocenters. The van der Waals surface area contributed by atoms with Crippen molar-refractivity contribution in [2.24, 2.45) is 0 Å². The zero-order chi connectivity index (χ0) is 0. The fraction of sp³-hybridized carbons (Fsp3) is 0. The molecule has 0 bridgehead atoms. The predicted molar refractivity (Wildman–Crippen MR) is 26.0 cm³/mol. The minimum absolute atomic E-state index is 0. The van der Waals surface area contributed by atoms with Gasteiger partial charge in [-0.1, -0.05) is 0 Å². The van der Waals surface area contributed by atoms with Crippen LogP contribution in [0.25, 0.3) is 0 Å². The van der Waals surface area contributed by atoms with Crippen molar-refractivity contribution in [2.45, 2.75) is 0 Å². The minimum Gasteiger partial charge on any atom is 0 e. The second-order valence-corrected chi connectivity index (χ2v) is 0. The molecule has 29 valence electrons. The van der Waals surface area contributed by atoms with E-state index < -0.39 is 0 Å². The molecule has 0 aromatic carbocycles. The number of hydrogen-bond donors (Lipinski definition) is 0. The van der Waals surface area contributed by atoms with E-state index in [1.165, 1.54) is 0 Å². The van der Waals surface area contributed by atoms with Crippen LogP contribution in [0.4, 0.5) is 0 Å². The van der Waals surface area contributed by atoms with Crippen LogP contribution in [-0.2, 0) is 17.1 Å². The Morgan fingerprint density at radius 3 is 1.00 bits per heavy atom. The summed E-state index contributed by atoms with van der Waals surface area (Å²) in [5, 5.41) is 0. The topological polar surface area (TPSA) is 0 Å². The van der Waals surface area contributed by atoms with Crippen LogP contribution < -0.4 is 0 Å². The molecule has 5 heavy (non-hydrogen) atoms. The van der Waals surface area contributed by atoms with E-state index in [4.69, 9.17) is 0 Å². The van der Waals surface area contributed by atoms with E-state index in [1.54, 1.807) is 0 Å². The van der Waals surface area contributed by atoms with Crippen LogP contribution in [0.5, 0.6) is 0 Å². The maximum atomic E-state index is 0. The average molecular weight is 269 g/mol. The smallest absolute Gasteiger partial charge is 0 e. The summed E-state index contributed by atoms with van der Waals surface area (Å²) >= 11 is 0.